The largest absolute Gasteiger partial charge is 0.562 e. The third-order valence-corrected chi connectivity index (χ3v) is 7.02. The van der Waals surface area contributed by atoms with Gasteiger partial charge in [0.25, 0.3) is 5.56 Å². The summed E-state index contributed by atoms with van der Waals surface area (Å²) in [5, 5.41) is 32.7. The second-order valence-corrected chi connectivity index (χ2v) is 10.4. The fraction of sp³-hybridized carbons (Fsp3) is 0.409. The van der Waals surface area contributed by atoms with Gasteiger partial charge in [-0.25, -0.2) is 18.8 Å². The molecule has 1 aliphatic rings. The predicted molar refractivity (Wildman–Crippen MR) is 132 cm³/mol. The van der Waals surface area contributed by atoms with Crippen molar-refractivity contribution in [2.75, 3.05) is 5.73 Å². The van der Waals surface area contributed by atoms with Crippen LogP contribution in [0.3, 0.4) is 0 Å². The summed E-state index contributed by atoms with van der Waals surface area (Å²) in [6, 6.07) is 8.65. The molecule has 1 saturated heterocycles. The number of rotatable bonds is 10. The zero-order chi connectivity index (χ0) is 28.5. The molecule has 2 aromatic heterocycles. The van der Waals surface area contributed by atoms with Crippen LogP contribution in [-0.4, -0.2) is 66.0 Å². The van der Waals surface area contributed by atoms with Gasteiger partial charge in [-0.2, -0.15) is 4.98 Å². The normalized spacial score (nSPS) is 26.3. The van der Waals surface area contributed by atoms with Crippen LogP contribution >= 0.6 is 7.82 Å². The standard InChI is InChI=1S/C22H28N5O11P/c1-11(23)18(30)36-39(33,38-34-10-12-6-4-3-5-7-12)37-19(31)14-15(28)22(2,32)20(35-14)27-9-8-13-16(27)25-21(24)26-17(13)29/h3-9,11,14-15,19-20,28,31-32H,10,23H2,1-2H3,(H3,24,25,26,29)/t11-,14-,15+,19?,20+,22+,39?/m0/s1. The van der Waals surface area contributed by atoms with Gasteiger partial charge in [-0.3, -0.25) is 9.78 Å². The predicted octanol–water partition coefficient (Wildman–Crippen LogP) is -0.202. The lowest BCUT2D eigenvalue weighted by molar-refractivity contribution is -0.250. The van der Waals surface area contributed by atoms with Gasteiger partial charge in [0.1, 0.15) is 30.5 Å². The molecular formula is C22H28N5O11P. The topological polar surface area (TPSA) is 244 Å². The third-order valence-electron chi connectivity index (χ3n) is 5.85. The minimum Gasteiger partial charge on any atom is -0.387 e. The Labute approximate surface area is 220 Å². The number of hydrogen-bond donors (Lipinski definition) is 6. The summed E-state index contributed by atoms with van der Waals surface area (Å²) in [5.41, 5.74) is 9.03. The van der Waals surface area contributed by atoms with E-state index in [9.17, 15) is 29.5 Å². The van der Waals surface area contributed by atoms with Crippen LogP contribution in [0.1, 0.15) is 25.6 Å². The van der Waals surface area contributed by atoms with Crippen LogP contribution < -0.4 is 17.0 Å². The van der Waals surface area contributed by atoms with E-state index in [-0.39, 0.29) is 23.6 Å². The van der Waals surface area contributed by atoms with Gasteiger partial charge in [-0.1, -0.05) is 30.3 Å². The first kappa shape index (κ1) is 28.8. The van der Waals surface area contributed by atoms with E-state index >= 15 is 0 Å². The van der Waals surface area contributed by atoms with Gasteiger partial charge in [0.15, 0.2) is 18.2 Å². The van der Waals surface area contributed by atoms with Crippen molar-refractivity contribution in [2.45, 2.75) is 56.8 Å². The number of nitrogen functional groups attached to an aromatic ring is 1. The number of H-pyrrole nitrogens is 1. The lowest BCUT2D eigenvalue weighted by atomic mass is 9.96. The van der Waals surface area contributed by atoms with Gasteiger partial charge in [0.05, 0.1) is 5.39 Å². The van der Waals surface area contributed by atoms with Crippen molar-refractivity contribution in [3.8, 4) is 0 Å². The van der Waals surface area contributed by atoms with E-state index in [4.69, 9.17) is 34.8 Å². The number of hydrogen-bond acceptors (Lipinski definition) is 14. The summed E-state index contributed by atoms with van der Waals surface area (Å²) in [6.45, 7) is 2.19. The van der Waals surface area contributed by atoms with E-state index in [0.717, 1.165) is 0 Å². The Morgan fingerprint density at radius 2 is 2.03 bits per heavy atom. The zero-order valence-electron chi connectivity index (χ0n) is 20.7. The molecule has 16 nitrogen and oxygen atoms in total. The van der Waals surface area contributed by atoms with Crippen molar-refractivity contribution in [3.63, 3.8) is 0 Å². The fourth-order valence-corrected chi connectivity index (χ4v) is 4.89. The molecule has 1 aromatic carbocycles. The molecule has 0 radical (unpaired) electrons. The number of aromatic amines is 1. The molecule has 3 aromatic rings. The number of phosphoric ester groups is 1. The Balaban J connectivity index is 1.55. The number of carbonyl (C=O) groups is 1. The monoisotopic (exact) mass is 569 g/mol. The minimum atomic E-state index is -5.03. The van der Waals surface area contributed by atoms with Crippen molar-refractivity contribution in [2.24, 2.45) is 5.73 Å². The second-order valence-electron chi connectivity index (χ2n) is 9.00. The number of carbonyl (C=O) groups excluding carboxylic acids is 1. The zero-order valence-corrected chi connectivity index (χ0v) is 21.6. The highest BCUT2D eigenvalue weighted by Crippen LogP contribution is 2.53. The van der Waals surface area contributed by atoms with E-state index in [1.807, 2.05) is 0 Å². The van der Waals surface area contributed by atoms with Gasteiger partial charge in [-0.05, 0) is 25.5 Å². The first-order valence-electron chi connectivity index (χ1n) is 11.6. The number of fused-ring (bicyclic) bond motifs is 1. The number of ether oxygens (including phenoxy) is 1. The highest BCUT2D eigenvalue weighted by Gasteiger charge is 2.57. The Morgan fingerprint density at radius 1 is 1.33 bits per heavy atom. The molecule has 39 heavy (non-hydrogen) atoms. The van der Waals surface area contributed by atoms with Crippen LogP contribution in [0.2, 0.25) is 0 Å². The number of nitrogens with zero attached hydrogens (tertiary/aromatic N) is 2. The maximum atomic E-state index is 13.2. The van der Waals surface area contributed by atoms with Gasteiger partial charge in [-0.15, -0.1) is 4.67 Å². The number of aliphatic hydroxyl groups is 3. The molecule has 8 N–H and O–H groups in total. The van der Waals surface area contributed by atoms with Crippen LogP contribution in [0.4, 0.5) is 5.95 Å². The van der Waals surface area contributed by atoms with E-state index in [0.29, 0.717) is 5.56 Å². The van der Waals surface area contributed by atoms with Crippen LogP contribution in [0.25, 0.3) is 11.0 Å². The van der Waals surface area contributed by atoms with Gasteiger partial charge in [0, 0.05) is 6.20 Å². The van der Waals surface area contributed by atoms with Gasteiger partial charge in [0.2, 0.25) is 5.95 Å². The lowest BCUT2D eigenvalue weighted by Crippen LogP contribution is -2.46. The molecule has 0 aliphatic carbocycles. The molecule has 3 heterocycles. The summed E-state index contributed by atoms with van der Waals surface area (Å²) in [4.78, 5) is 35.5. The molecule has 0 spiro atoms. The maximum Gasteiger partial charge on any atom is 0.562 e. The number of aromatic nitrogens is 3. The Hall–Kier alpha value is -3.18. The van der Waals surface area contributed by atoms with E-state index in [1.165, 1.54) is 30.7 Å². The van der Waals surface area contributed by atoms with Crippen molar-refractivity contribution < 1.29 is 48.0 Å². The Morgan fingerprint density at radius 3 is 2.69 bits per heavy atom. The highest BCUT2D eigenvalue weighted by atomic mass is 31.2. The molecule has 1 aliphatic heterocycles. The molecule has 0 saturated carbocycles. The molecule has 0 amide bonds. The van der Waals surface area contributed by atoms with Crippen molar-refractivity contribution in [1.82, 2.24) is 14.5 Å². The van der Waals surface area contributed by atoms with Crippen molar-refractivity contribution >= 4 is 30.8 Å². The summed E-state index contributed by atoms with van der Waals surface area (Å²) in [6.07, 6.45) is -6.03. The Bertz CT molecular complexity index is 1430. The number of nitrogens with two attached hydrogens (primary N) is 2. The molecule has 212 valence electrons. The molecule has 17 heteroatoms. The van der Waals surface area contributed by atoms with Crippen LogP contribution in [0, 0.1) is 0 Å². The minimum absolute atomic E-state index is 0.0129. The van der Waals surface area contributed by atoms with Crippen molar-refractivity contribution in [3.05, 3.63) is 58.5 Å². The lowest BCUT2D eigenvalue weighted by Gasteiger charge is -2.28. The van der Waals surface area contributed by atoms with E-state index in [2.05, 4.69) is 9.97 Å². The number of benzene rings is 1. The molecular weight excluding hydrogens is 541 g/mol. The van der Waals surface area contributed by atoms with Crippen LogP contribution in [0.15, 0.2) is 47.4 Å². The third kappa shape index (κ3) is 6.04. The van der Waals surface area contributed by atoms with E-state index < -0.39 is 55.7 Å². The summed E-state index contributed by atoms with van der Waals surface area (Å²) < 4.78 is 34.6. The molecule has 4 rings (SSSR count). The summed E-state index contributed by atoms with van der Waals surface area (Å²) in [7, 11) is -5.03. The summed E-state index contributed by atoms with van der Waals surface area (Å²) >= 11 is 0. The number of anilines is 1. The number of phosphoric acid groups is 1. The quantitative estimate of drug-likeness (QED) is 0.0801. The Kier molecular flexibility index (Phi) is 8.22. The first-order chi connectivity index (χ1) is 18.3. The van der Waals surface area contributed by atoms with Crippen LogP contribution in [0.5, 0.6) is 0 Å². The molecule has 7 atom stereocenters. The fourth-order valence-electron chi connectivity index (χ4n) is 3.83. The second kappa shape index (κ2) is 11.1. The molecule has 2 unspecified atom stereocenters. The first-order valence-corrected chi connectivity index (χ1v) is 13.0. The van der Waals surface area contributed by atoms with E-state index in [1.54, 1.807) is 30.3 Å². The average molecular weight is 569 g/mol. The number of nitrogens with one attached hydrogen (secondary N) is 1. The molecule has 1 fully saturated rings. The van der Waals surface area contributed by atoms with Gasteiger partial charge < -0.3 is 40.6 Å². The SMILES string of the molecule is C[C@H](N)C(=O)OP(=O)(OOCc1ccccc1)OC(O)[C@H]1O[C@@H](n2ccc3c(=O)[nH]c(N)nc32)[C@](C)(O)[C@@H]1O. The smallest absolute Gasteiger partial charge is 0.387 e. The van der Waals surface area contributed by atoms with Crippen LogP contribution in [-0.2, 0) is 39.3 Å². The highest BCUT2D eigenvalue weighted by molar-refractivity contribution is 7.49. The van der Waals surface area contributed by atoms with Gasteiger partial charge >= 0.3 is 13.8 Å². The molecule has 0 bridgehead atoms. The average Bonchev–Trinajstić information content (AvgIpc) is 3.37. The summed E-state index contributed by atoms with van der Waals surface area (Å²) in [5.74, 6) is -1.42. The van der Waals surface area contributed by atoms with Crippen molar-refractivity contribution in [1.29, 1.82) is 0 Å². The maximum absolute atomic E-state index is 13.2. The number of aliphatic hydroxyl groups excluding tert-OH is 2.